The van der Waals surface area contributed by atoms with Gasteiger partial charge in [0.25, 0.3) is 6.71 Å². The van der Waals surface area contributed by atoms with E-state index in [2.05, 4.69) is 140 Å². The summed E-state index contributed by atoms with van der Waals surface area (Å²) >= 11 is 1.82. The van der Waals surface area contributed by atoms with E-state index < -0.39 is 6.36 Å². The van der Waals surface area contributed by atoms with Crippen LogP contribution in [0.5, 0.6) is 5.75 Å². The van der Waals surface area contributed by atoms with Gasteiger partial charge in [0.15, 0.2) is 5.82 Å². The Kier molecular flexibility index (Phi) is 8.74. The molecular weight excluding hydrogens is 835 g/mol. The Morgan fingerprint density at radius 3 is 2.12 bits per heavy atom. The quantitative estimate of drug-likeness (QED) is 0.164. The molecule has 6 nitrogen and oxygen atoms in total. The minimum absolute atomic E-state index is 0.0103. The van der Waals surface area contributed by atoms with Gasteiger partial charge in [-0.25, -0.2) is 15.0 Å². The van der Waals surface area contributed by atoms with Crippen LogP contribution < -0.4 is 30.2 Å². The molecule has 2 atom stereocenters. The number of rotatable bonds is 4. The van der Waals surface area contributed by atoms with Crippen LogP contribution >= 0.6 is 11.3 Å². The molecule has 3 aliphatic carbocycles. The van der Waals surface area contributed by atoms with Gasteiger partial charge in [-0.1, -0.05) is 66.5 Å². The van der Waals surface area contributed by atoms with Crippen molar-refractivity contribution in [2.24, 2.45) is 5.92 Å². The molecule has 5 aromatic carbocycles. The highest BCUT2D eigenvalue weighted by atomic mass is 32.1. The number of halogens is 3. The molecular formula is C54H51BF3N5OS. The van der Waals surface area contributed by atoms with E-state index in [-0.39, 0.29) is 28.7 Å². The molecule has 12 rings (SSSR count). The first-order valence-electron chi connectivity index (χ1n) is 23.1. The second-order valence-corrected chi connectivity index (χ2v) is 22.1. The number of aryl methyl sites for hydroxylation is 1. The van der Waals surface area contributed by atoms with Crippen molar-refractivity contribution in [3.8, 4) is 17.1 Å². The van der Waals surface area contributed by atoms with Crippen molar-refractivity contribution in [3.63, 3.8) is 0 Å². The number of ether oxygens (including phenoxy) is 1. The Labute approximate surface area is 383 Å². The molecule has 0 radical (unpaired) electrons. The Hall–Kier alpha value is -5.68. The maximum absolute atomic E-state index is 14.1. The summed E-state index contributed by atoms with van der Waals surface area (Å²) < 4.78 is 49.4. The van der Waals surface area contributed by atoms with E-state index in [1.165, 1.54) is 81.5 Å². The van der Waals surface area contributed by atoms with E-state index in [4.69, 9.17) is 4.74 Å². The molecule has 0 bridgehead atoms. The number of hydrogen-bond acceptors (Lipinski definition) is 7. The fraction of sp³-hybridized carbons (Fsp3) is 0.352. The van der Waals surface area contributed by atoms with Crippen LogP contribution in [0, 0.1) is 12.8 Å². The first kappa shape index (κ1) is 40.8. The van der Waals surface area contributed by atoms with Crippen LogP contribution in [0.3, 0.4) is 0 Å². The van der Waals surface area contributed by atoms with Gasteiger partial charge in [0, 0.05) is 54.9 Å². The molecule has 0 amide bonds. The summed E-state index contributed by atoms with van der Waals surface area (Å²) in [6.07, 6.45) is 5.28. The Bertz CT molecular complexity index is 3110. The fourth-order valence-corrected chi connectivity index (χ4v) is 14.0. The lowest BCUT2D eigenvalue weighted by Gasteiger charge is -2.44. The summed E-state index contributed by atoms with van der Waals surface area (Å²) in [6.45, 7) is 16.1. The first-order chi connectivity index (χ1) is 31.0. The SMILES string of the molecule is Cc1cc2c3c(c1)N(c1ccc(-c4ncncn4)cc1)c1c(sc4cc5c(cc14)C(C)(C)CCC5(C)C)B3c1ccc(OC(F)(F)F)cc1N2c1ccc2c(c1)C(C)(C)C1CCCCC21. The predicted molar refractivity (Wildman–Crippen MR) is 259 cm³/mol. The molecule has 5 aliphatic rings. The number of fused-ring (bicyclic) bond motifs is 10. The van der Waals surface area contributed by atoms with Gasteiger partial charge < -0.3 is 14.5 Å². The molecule has 7 aromatic rings. The summed E-state index contributed by atoms with van der Waals surface area (Å²) in [6, 6.07) is 29.8. The third-order valence-corrected chi connectivity index (χ3v) is 17.2. The summed E-state index contributed by atoms with van der Waals surface area (Å²) in [5.74, 6) is 1.47. The van der Waals surface area contributed by atoms with Crippen LogP contribution in [0.4, 0.5) is 47.3 Å². The van der Waals surface area contributed by atoms with Crippen molar-refractivity contribution >= 4 is 78.0 Å². The highest BCUT2D eigenvalue weighted by Crippen LogP contribution is 2.58. The summed E-state index contributed by atoms with van der Waals surface area (Å²) in [5.41, 5.74) is 15.3. The molecule has 4 heterocycles. The molecule has 0 spiro atoms. The van der Waals surface area contributed by atoms with Crippen LogP contribution in [-0.2, 0) is 16.2 Å². The second-order valence-electron chi connectivity index (χ2n) is 21.1. The van der Waals surface area contributed by atoms with Crippen molar-refractivity contribution in [2.45, 2.75) is 116 Å². The zero-order valence-corrected chi connectivity index (χ0v) is 38.7. The van der Waals surface area contributed by atoms with Gasteiger partial charge in [-0.05, 0) is 166 Å². The third kappa shape index (κ3) is 6.16. The van der Waals surface area contributed by atoms with E-state index >= 15 is 0 Å². The third-order valence-electron chi connectivity index (χ3n) is 15.9. The van der Waals surface area contributed by atoms with Gasteiger partial charge in [0.05, 0.1) is 5.69 Å². The highest BCUT2D eigenvalue weighted by molar-refractivity contribution is 7.33. The lowest BCUT2D eigenvalue weighted by molar-refractivity contribution is -0.274. The predicted octanol–water partition coefficient (Wildman–Crippen LogP) is 13.0. The van der Waals surface area contributed by atoms with Gasteiger partial charge in [-0.2, -0.15) is 0 Å². The van der Waals surface area contributed by atoms with Gasteiger partial charge in [0.2, 0.25) is 0 Å². The van der Waals surface area contributed by atoms with Crippen molar-refractivity contribution in [1.29, 1.82) is 0 Å². The molecule has 1 fully saturated rings. The number of alkyl halides is 3. The van der Waals surface area contributed by atoms with Crippen LogP contribution in [0.1, 0.15) is 114 Å². The normalized spacial score (nSPS) is 20.7. The fourth-order valence-electron chi connectivity index (χ4n) is 12.7. The lowest BCUT2D eigenvalue weighted by Crippen LogP contribution is -2.60. The summed E-state index contributed by atoms with van der Waals surface area (Å²) in [5, 5.41) is 1.19. The van der Waals surface area contributed by atoms with Gasteiger partial charge in [0.1, 0.15) is 18.4 Å². The Morgan fingerprint density at radius 2 is 1.40 bits per heavy atom. The zero-order chi connectivity index (χ0) is 44.9. The number of hydrogen-bond donors (Lipinski definition) is 0. The van der Waals surface area contributed by atoms with E-state index in [0.29, 0.717) is 23.3 Å². The van der Waals surface area contributed by atoms with E-state index in [1.807, 2.05) is 17.4 Å². The van der Waals surface area contributed by atoms with Gasteiger partial charge >= 0.3 is 6.36 Å². The molecule has 0 N–H and O–H groups in total. The average Bonchev–Trinajstić information content (AvgIpc) is 3.75. The van der Waals surface area contributed by atoms with Crippen molar-refractivity contribution < 1.29 is 17.9 Å². The number of aromatic nitrogens is 3. The minimum atomic E-state index is -4.84. The smallest absolute Gasteiger partial charge is 0.406 e. The summed E-state index contributed by atoms with van der Waals surface area (Å²) in [4.78, 5) is 17.6. The topological polar surface area (TPSA) is 54.4 Å². The van der Waals surface area contributed by atoms with E-state index in [0.717, 1.165) is 63.3 Å². The second kappa shape index (κ2) is 13.9. The molecule has 1 saturated carbocycles. The molecule has 328 valence electrons. The maximum atomic E-state index is 14.1. The van der Waals surface area contributed by atoms with Crippen LogP contribution in [0.15, 0.2) is 97.6 Å². The van der Waals surface area contributed by atoms with E-state index in [9.17, 15) is 13.2 Å². The number of thiophene rings is 1. The molecule has 2 aliphatic heterocycles. The standard InChI is InChI=1S/C54H51BF3N5OS/c1-30-22-44-47-45(23-30)63(32-14-12-31(13-15-32)50-60-28-59-29-61-50)48-37-26-40-41(52(4,5)21-20-51(40,2)3)27-46(37)65-49(48)55(47)42-19-17-34(64-54(56,57)58)25-43(42)62(44)33-16-18-36-35-10-8-9-11-38(35)53(6,7)39(36)24-33/h12-19,22-29,35,38H,8-11,20-21H2,1-7H3. The minimum Gasteiger partial charge on any atom is -0.406 e. The first-order valence-corrected chi connectivity index (χ1v) is 23.9. The molecule has 65 heavy (non-hydrogen) atoms. The van der Waals surface area contributed by atoms with E-state index in [1.54, 1.807) is 6.07 Å². The number of nitrogens with zero attached hydrogens (tertiary/aromatic N) is 5. The van der Waals surface area contributed by atoms with Crippen LogP contribution in [-0.4, -0.2) is 28.0 Å². The zero-order valence-electron chi connectivity index (χ0n) is 37.9. The van der Waals surface area contributed by atoms with Crippen LogP contribution in [0.25, 0.3) is 21.5 Å². The van der Waals surface area contributed by atoms with Crippen molar-refractivity contribution in [1.82, 2.24) is 15.0 Å². The Balaban J connectivity index is 1.14. The molecule has 2 aromatic heterocycles. The molecule has 2 unspecified atom stereocenters. The van der Waals surface area contributed by atoms with Crippen molar-refractivity contribution in [3.05, 3.63) is 125 Å². The monoisotopic (exact) mass is 885 g/mol. The highest BCUT2D eigenvalue weighted by Gasteiger charge is 2.49. The average molecular weight is 886 g/mol. The maximum Gasteiger partial charge on any atom is 0.573 e. The van der Waals surface area contributed by atoms with Crippen LogP contribution in [0.2, 0.25) is 0 Å². The Morgan fingerprint density at radius 1 is 0.723 bits per heavy atom. The largest absolute Gasteiger partial charge is 0.573 e. The molecule has 0 saturated heterocycles. The van der Waals surface area contributed by atoms with Gasteiger partial charge in [-0.15, -0.1) is 24.5 Å². The lowest BCUT2D eigenvalue weighted by atomic mass is 9.36. The number of anilines is 6. The van der Waals surface area contributed by atoms with Gasteiger partial charge in [-0.3, -0.25) is 0 Å². The summed E-state index contributed by atoms with van der Waals surface area (Å²) in [7, 11) is 0. The van der Waals surface area contributed by atoms with Crippen molar-refractivity contribution in [2.75, 3.05) is 9.80 Å². The molecule has 11 heteroatoms. The number of benzene rings is 5.